The van der Waals surface area contributed by atoms with Crippen LogP contribution in [0.1, 0.15) is 41.0 Å². The summed E-state index contributed by atoms with van der Waals surface area (Å²) in [6.07, 6.45) is 1.12. The minimum absolute atomic E-state index is 0.239. The molecule has 0 aliphatic carbocycles. The molecule has 2 rings (SSSR count). The first-order valence-electron chi connectivity index (χ1n) is 6.66. The van der Waals surface area contributed by atoms with Gasteiger partial charge in [-0.05, 0) is 67.1 Å². The Morgan fingerprint density at radius 3 is 2.68 bits per heavy atom. The molecule has 0 bridgehead atoms. The molecule has 0 aliphatic heterocycles. The molecular weight excluding hydrogens is 274 g/mol. The van der Waals surface area contributed by atoms with Gasteiger partial charge in [0.15, 0.2) is 0 Å². The van der Waals surface area contributed by atoms with Crippen molar-refractivity contribution in [2.75, 3.05) is 6.54 Å². The molecule has 1 N–H and O–H groups in total. The summed E-state index contributed by atoms with van der Waals surface area (Å²) in [4.78, 5) is 1.35. The Kier molecular flexibility index (Phi) is 5.03. The Bertz CT molecular complexity index is 547. The standard InChI is InChI=1S/C16H20ClNS/c1-4-7-18-16(13-8-12(3)19-10-13)15-9-14(17)6-5-11(15)2/h5-6,8-10,16,18H,4,7H2,1-3H3. The molecule has 3 heteroatoms. The van der Waals surface area contributed by atoms with Crippen molar-refractivity contribution in [3.63, 3.8) is 0 Å². The molecule has 0 radical (unpaired) electrons. The molecule has 19 heavy (non-hydrogen) atoms. The van der Waals surface area contributed by atoms with E-state index in [9.17, 15) is 0 Å². The lowest BCUT2D eigenvalue weighted by atomic mass is 9.96. The van der Waals surface area contributed by atoms with Crippen LogP contribution in [-0.2, 0) is 0 Å². The maximum atomic E-state index is 6.16. The van der Waals surface area contributed by atoms with E-state index in [-0.39, 0.29) is 6.04 Å². The van der Waals surface area contributed by atoms with Crippen molar-refractivity contribution in [2.24, 2.45) is 0 Å². The number of benzene rings is 1. The molecule has 1 heterocycles. The molecule has 0 fully saturated rings. The number of hydrogen-bond acceptors (Lipinski definition) is 2. The third-order valence-electron chi connectivity index (χ3n) is 3.23. The van der Waals surface area contributed by atoms with Crippen LogP contribution in [0.15, 0.2) is 29.6 Å². The monoisotopic (exact) mass is 293 g/mol. The van der Waals surface area contributed by atoms with Crippen LogP contribution in [0, 0.1) is 13.8 Å². The van der Waals surface area contributed by atoms with Crippen molar-refractivity contribution in [1.82, 2.24) is 5.32 Å². The number of aryl methyl sites for hydroxylation is 2. The lowest BCUT2D eigenvalue weighted by molar-refractivity contribution is 0.597. The van der Waals surface area contributed by atoms with Gasteiger partial charge in [-0.2, -0.15) is 0 Å². The summed E-state index contributed by atoms with van der Waals surface area (Å²) in [5, 5.41) is 6.67. The first-order valence-corrected chi connectivity index (χ1v) is 7.92. The molecule has 1 atom stereocenters. The molecule has 2 aromatic rings. The molecular formula is C16H20ClNS. The summed E-state index contributed by atoms with van der Waals surface area (Å²) in [6, 6.07) is 8.63. The highest BCUT2D eigenvalue weighted by Gasteiger charge is 2.16. The highest BCUT2D eigenvalue weighted by atomic mass is 35.5. The van der Waals surface area contributed by atoms with Crippen LogP contribution in [0.5, 0.6) is 0 Å². The summed E-state index contributed by atoms with van der Waals surface area (Å²) < 4.78 is 0. The van der Waals surface area contributed by atoms with Crippen molar-refractivity contribution in [1.29, 1.82) is 0 Å². The molecule has 1 nitrogen and oxygen atoms in total. The summed E-state index contributed by atoms with van der Waals surface area (Å²) in [6.45, 7) is 7.49. The number of thiophene rings is 1. The number of halogens is 1. The second-order valence-electron chi connectivity index (χ2n) is 4.88. The topological polar surface area (TPSA) is 12.0 Å². The van der Waals surface area contributed by atoms with Crippen LogP contribution in [0.4, 0.5) is 0 Å². The summed E-state index contributed by atoms with van der Waals surface area (Å²) in [5.74, 6) is 0. The van der Waals surface area contributed by atoms with Gasteiger partial charge in [-0.15, -0.1) is 11.3 Å². The normalized spacial score (nSPS) is 12.6. The first kappa shape index (κ1) is 14.6. The molecule has 0 spiro atoms. The summed E-state index contributed by atoms with van der Waals surface area (Å²) in [7, 11) is 0. The van der Waals surface area contributed by atoms with Gasteiger partial charge in [0.25, 0.3) is 0 Å². The van der Waals surface area contributed by atoms with Crippen LogP contribution in [0.2, 0.25) is 5.02 Å². The van der Waals surface area contributed by atoms with Gasteiger partial charge in [-0.3, -0.25) is 0 Å². The average molecular weight is 294 g/mol. The minimum Gasteiger partial charge on any atom is -0.306 e. The van der Waals surface area contributed by atoms with Crippen LogP contribution in [0.3, 0.4) is 0 Å². The lowest BCUT2D eigenvalue weighted by Gasteiger charge is -2.20. The molecule has 0 saturated carbocycles. The minimum atomic E-state index is 0.239. The van der Waals surface area contributed by atoms with Gasteiger partial charge in [0.2, 0.25) is 0 Å². The van der Waals surface area contributed by atoms with Crippen LogP contribution in [-0.4, -0.2) is 6.54 Å². The van der Waals surface area contributed by atoms with E-state index in [4.69, 9.17) is 11.6 Å². The van der Waals surface area contributed by atoms with E-state index in [1.165, 1.54) is 21.6 Å². The van der Waals surface area contributed by atoms with Gasteiger partial charge in [0, 0.05) is 9.90 Å². The SMILES string of the molecule is CCCNC(c1csc(C)c1)c1cc(Cl)ccc1C. The van der Waals surface area contributed by atoms with Gasteiger partial charge < -0.3 is 5.32 Å². The second kappa shape index (κ2) is 6.56. The Morgan fingerprint density at radius 2 is 2.05 bits per heavy atom. The fourth-order valence-corrected chi connectivity index (χ4v) is 3.14. The largest absolute Gasteiger partial charge is 0.306 e. The fraction of sp³-hybridized carbons (Fsp3) is 0.375. The molecule has 0 aliphatic rings. The highest BCUT2D eigenvalue weighted by Crippen LogP contribution is 2.30. The number of hydrogen-bond donors (Lipinski definition) is 1. The number of rotatable bonds is 5. The van der Waals surface area contributed by atoms with E-state index in [0.717, 1.165) is 18.0 Å². The predicted octanol–water partition coefficient (Wildman–Crippen LogP) is 5.11. The molecule has 1 aromatic carbocycles. The van der Waals surface area contributed by atoms with E-state index < -0.39 is 0 Å². The third kappa shape index (κ3) is 3.59. The van der Waals surface area contributed by atoms with Gasteiger partial charge in [0.05, 0.1) is 6.04 Å². The molecule has 1 aromatic heterocycles. The Hall–Kier alpha value is -0.830. The smallest absolute Gasteiger partial charge is 0.0588 e. The quantitative estimate of drug-likeness (QED) is 0.808. The zero-order valence-electron chi connectivity index (χ0n) is 11.7. The lowest BCUT2D eigenvalue weighted by Crippen LogP contribution is -2.23. The van der Waals surface area contributed by atoms with E-state index in [1.807, 2.05) is 6.07 Å². The predicted molar refractivity (Wildman–Crippen MR) is 85.4 cm³/mol. The average Bonchev–Trinajstić information content (AvgIpc) is 2.80. The second-order valence-corrected chi connectivity index (χ2v) is 6.43. The van der Waals surface area contributed by atoms with Gasteiger partial charge in [-0.25, -0.2) is 0 Å². The van der Waals surface area contributed by atoms with Gasteiger partial charge >= 0.3 is 0 Å². The van der Waals surface area contributed by atoms with Crippen molar-refractivity contribution < 1.29 is 0 Å². The van der Waals surface area contributed by atoms with E-state index in [1.54, 1.807) is 11.3 Å². The highest BCUT2D eigenvalue weighted by molar-refractivity contribution is 7.10. The molecule has 1 unspecified atom stereocenters. The maximum absolute atomic E-state index is 6.16. The van der Waals surface area contributed by atoms with Gasteiger partial charge in [-0.1, -0.05) is 24.6 Å². The maximum Gasteiger partial charge on any atom is 0.0588 e. The van der Waals surface area contributed by atoms with Gasteiger partial charge in [0.1, 0.15) is 0 Å². The van der Waals surface area contributed by atoms with Crippen molar-refractivity contribution in [2.45, 2.75) is 33.2 Å². The third-order valence-corrected chi connectivity index (χ3v) is 4.35. The zero-order valence-corrected chi connectivity index (χ0v) is 13.2. The summed E-state index contributed by atoms with van der Waals surface area (Å²) in [5.41, 5.74) is 3.89. The Labute approximate surface area is 124 Å². The Morgan fingerprint density at radius 1 is 1.26 bits per heavy atom. The zero-order chi connectivity index (χ0) is 13.8. The van der Waals surface area contributed by atoms with E-state index >= 15 is 0 Å². The molecule has 0 amide bonds. The van der Waals surface area contributed by atoms with Crippen molar-refractivity contribution >= 4 is 22.9 Å². The first-order chi connectivity index (χ1) is 9.11. The Balaban J connectivity index is 2.39. The van der Waals surface area contributed by atoms with Crippen LogP contribution < -0.4 is 5.32 Å². The van der Waals surface area contributed by atoms with Crippen LogP contribution in [0.25, 0.3) is 0 Å². The fourth-order valence-electron chi connectivity index (χ4n) is 2.23. The summed E-state index contributed by atoms with van der Waals surface area (Å²) >= 11 is 7.96. The molecule has 0 saturated heterocycles. The van der Waals surface area contributed by atoms with Crippen molar-refractivity contribution in [3.8, 4) is 0 Å². The van der Waals surface area contributed by atoms with Crippen LogP contribution >= 0.6 is 22.9 Å². The number of nitrogens with one attached hydrogen (secondary N) is 1. The van der Waals surface area contributed by atoms with Crippen molar-refractivity contribution in [3.05, 3.63) is 56.2 Å². The van der Waals surface area contributed by atoms with E-state index in [2.05, 4.69) is 49.7 Å². The van der Waals surface area contributed by atoms with E-state index in [0.29, 0.717) is 0 Å². The molecule has 102 valence electrons.